The number of sulfone groups is 1. The Morgan fingerprint density at radius 3 is 2.38 bits per heavy atom. The van der Waals surface area contributed by atoms with Gasteiger partial charge in [0.05, 0.1) is 16.2 Å². The van der Waals surface area contributed by atoms with E-state index in [-0.39, 0.29) is 22.4 Å². The van der Waals surface area contributed by atoms with Crippen molar-refractivity contribution in [1.82, 2.24) is 4.98 Å². The molecule has 1 heterocycles. The fourth-order valence-electron chi connectivity index (χ4n) is 1.89. The third kappa shape index (κ3) is 2.91. The Kier molecular flexibility index (Phi) is 3.79. The highest BCUT2D eigenvalue weighted by molar-refractivity contribution is 7.92. The molecule has 0 aliphatic rings. The Hall–Kier alpha value is -1.54. The molecule has 1 aromatic heterocycles. The van der Waals surface area contributed by atoms with Crippen LogP contribution in [0.4, 0.5) is 13.2 Å². The second-order valence-corrected chi connectivity index (χ2v) is 6.94. The number of H-pyrrole nitrogens is 1. The summed E-state index contributed by atoms with van der Waals surface area (Å²) in [4.78, 5) is 12.9. The molecule has 0 unspecified atom stereocenters. The van der Waals surface area contributed by atoms with Gasteiger partial charge in [0, 0.05) is 17.8 Å². The smallest absolute Gasteiger partial charge is 0.352 e. The van der Waals surface area contributed by atoms with Crippen LogP contribution in [0.3, 0.4) is 0 Å². The molecule has 114 valence electrons. The minimum absolute atomic E-state index is 0.0287. The molecule has 0 radical (unpaired) electrons. The number of alkyl halides is 4. The highest BCUT2D eigenvalue weighted by atomic mass is 35.5. The summed E-state index contributed by atoms with van der Waals surface area (Å²) in [7, 11) is -4.27. The third-order valence-corrected chi connectivity index (χ3v) is 5.04. The summed E-state index contributed by atoms with van der Waals surface area (Å²) in [5, 5.41) is -0.775. The van der Waals surface area contributed by atoms with Crippen LogP contribution in [-0.2, 0) is 16.0 Å². The van der Waals surface area contributed by atoms with E-state index in [0.717, 1.165) is 6.07 Å². The van der Waals surface area contributed by atoms with Crippen LogP contribution in [0.15, 0.2) is 23.1 Å². The number of aromatic nitrogens is 1. The average Bonchev–Trinajstić information content (AvgIpc) is 2.79. The molecule has 1 N–H and O–H groups in total. The number of fused-ring (bicyclic) bond motifs is 1. The second kappa shape index (κ2) is 5.03. The van der Waals surface area contributed by atoms with Crippen LogP contribution in [-0.4, -0.2) is 24.4 Å². The number of halogens is 4. The van der Waals surface area contributed by atoms with Crippen molar-refractivity contribution in [3.8, 4) is 0 Å². The zero-order valence-corrected chi connectivity index (χ0v) is 12.2. The predicted octanol–water partition coefficient (Wildman–Crippen LogP) is 3.36. The molecule has 2 aromatic rings. The standard InChI is InChI=1S/C12H9ClF3NO3S/c1-6(18)9-2-7-3-11(21(19,20)5-13)8(12(14,15)16)4-10(7)17-9/h2-4,17H,5H2,1H3. The Balaban J connectivity index is 2.85. The third-order valence-electron chi connectivity index (χ3n) is 2.88. The van der Waals surface area contributed by atoms with Gasteiger partial charge in [-0.3, -0.25) is 4.79 Å². The summed E-state index contributed by atoms with van der Waals surface area (Å²) in [6.45, 7) is 1.24. The van der Waals surface area contributed by atoms with E-state index in [1.165, 1.54) is 13.0 Å². The summed E-state index contributed by atoms with van der Waals surface area (Å²) in [5.41, 5.74) is -1.19. The van der Waals surface area contributed by atoms with E-state index in [0.29, 0.717) is 6.07 Å². The van der Waals surface area contributed by atoms with Crippen molar-refractivity contribution in [2.75, 3.05) is 5.21 Å². The fourth-order valence-corrected chi connectivity index (χ4v) is 3.17. The van der Waals surface area contributed by atoms with Crippen LogP contribution in [0.2, 0.25) is 0 Å². The van der Waals surface area contributed by atoms with E-state index in [1.54, 1.807) is 0 Å². The Labute approximate surface area is 122 Å². The average molecular weight is 340 g/mol. The molecule has 0 amide bonds. The largest absolute Gasteiger partial charge is 0.417 e. The number of nitrogens with one attached hydrogen (secondary N) is 1. The lowest BCUT2D eigenvalue weighted by Gasteiger charge is -2.12. The maximum atomic E-state index is 13.0. The molecule has 21 heavy (non-hydrogen) atoms. The SMILES string of the molecule is CC(=O)c1cc2cc(S(=O)(=O)CCl)c(C(F)(F)F)cc2[nH]1. The number of aromatic amines is 1. The summed E-state index contributed by atoms with van der Waals surface area (Å²) in [6.07, 6.45) is -4.86. The van der Waals surface area contributed by atoms with Gasteiger partial charge in [-0.2, -0.15) is 13.2 Å². The molecule has 0 aliphatic carbocycles. The van der Waals surface area contributed by atoms with Crippen LogP contribution in [0.1, 0.15) is 23.0 Å². The maximum absolute atomic E-state index is 13.0. The molecule has 9 heteroatoms. The van der Waals surface area contributed by atoms with Gasteiger partial charge in [0.25, 0.3) is 0 Å². The zero-order chi connectivity index (χ0) is 16.0. The van der Waals surface area contributed by atoms with Gasteiger partial charge in [-0.15, -0.1) is 11.6 Å². The van der Waals surface area contributed by atoms with E-state index in [9.17, 15) is 26.4 Å². The highest BCUT2D eigenvalue weighted by Crippen LogP contribution is 2.37. The van der Waals surface area contributed by atoms with E-state index in [4.69, 9.17) is 11.6 Å². The van der Waals surface area contributed by atoms with Gasteiger partial charge in [-0.05, 0) is 18.2 Å². The topological polar surface area (TPSA) is 67.0 Å². The van der Waals surface area contributed by atoms with E-state index >= 15 is 0 Å². The Morgan fingerprint density at radius 1 is 1.29 bits per heavy atom. The van der Waals surface area contributed by atoms with Crippen molar-refractivity contribution in [1.29, 1.82) is 0 Å². The molecule has 0 aliphatic heterocycles. The molecule has 2 rings (SSSR count). The number of Topliss-reactive ketones (excluding diaryl/α,β-unsaturated/α-hetero) is 1. The van der Waals surface area contributed by atoms with Crippen molar-refractivity contribution >= 4 is 38.1 Å². The minimum atomic E-state index is -4.86. The van der Waals surface area contributed by atoms with Gasteiger partial charge < -0.3 is 4.98 Å². The molecule has 0 atom stereocenters. The molecule has 0 fully saturated rings. The molecule has 0 saturated heterocycles. The summed E-state index contributed by atoms with van der Waals surface area (Å²) < 4.78 is 62.5. The maximum Gasteiger partial charge on any atom is 0.417 e. The summed E-state index contributed by atoms with van der Waals surface area (Å²) in [5.74, 6) is -0.374. The minimum Gasteiger partial charge on any atom is -0.352 e. The number of hydrogen-bond acceptors (Lipinski definition) is 3. The van der Waals surface area contributed by atoms with Gasteiger partial charge in [0.15, 0.2) is 15.6 Å². The first-order valence-electron chi connectivity index (χ1n) is 5.60. The molecule has 1 aromatic carbocycles. The van der Waals surface area contributed by atoms with Gasteiger partial charge in [-0.25, -0.2) is 8.42 Å². The van der Waals surface area contributed by atoms with Crippen LogP contribution >= 0.6 is 11.6 Å². The molecule has 4 nitrogen and oxygen atoms in total. The van der Waals surface area contributed by atoms with Crippen LogP contribution < -0.4 is 0 Å². The first-order chi connectivity index (χ1) is 9.56. The molecule has 0 saturated carbocycles. The van der Waals surface area contributed by atoms with Gasteiger partial charge >= 0.3 is 6.18 Å². The number of ketones is 1. The fraction of sp³-hybridized carbons (Fsp3) is 0.250. The number of carbonyl (C=O) groups is 1. The van der Waals surface area contributed by atoms with E-state index in [2.05, 4.69) is 4.98 Å². The number of hydrogen-bond donors (Lipinski definition) is 1. The van der Waals surface area contributed by atoms with Gasteiger partial charge in [-0.1, -0.05) is 0 Å². The lowest BCUT2D eigenvalue weighted by Crippen LogP contribution is -2.14. The van der Waals surface area contributed by atoms with Crippen LogP contribution in [0.5, 0.6) is 0 Å². The van der Waals surface area contributed by atoms with Crippen molar-refractivity contribution in [2.24, 2.45) is 0 Å². The normalized spacial score (nSPS) is 12.8. The lowest BCUT2D eigenvalue weighted by molar-refractivity contribution is -0.139. The van der Waals surface area contributed by atoms with Crippen molar-refractivity contribution in [2.45, 2.75) is 18.0 Å². The van der Waals surface area contributed by atoms with Gasteiger partial charge in [0.1, 0.15) is 5.21 Å². The molecular formula is C12H9ClF3NO3S. The molecule has 0 spiro atoms. The quantitative estimate of drug-likeness (QED) is 0.688. The summed E-state index contributed by atoms with van der Waals surface area (Å²) >= 11 is 5.24. The second-order valence-electron chi connectivity index (χ2n) is 4.40. The summed E-state index contributed by atoms with van der Waals surface area (Å²) in [6, 6.07) is 2.84. The van der Waals surface area contributed by atoms with Crippen molar-refractivity contribution in [3.63, 3.8) is 0 Å². The Morgan fingerprint density at radius 2 is 1.90 bits per heavy atom. The monoisotopic (exact) mass is 339 g/mol. The number of carbonyl (C=O) groups excluding carboxylic acids is 1. The van der Waals surface area contributed by atoms with E-state index < -0.39 is 31.7 Å². The van der Waals surface area contributed by atoms with Crippen molar-refractivity contribution < 1.29 is 26.4 Å². The van der Waals surface area contributed by atoms with Crippen molar-refractivity contribution in [3.05, 3.63) is 29.5 Å². The number of rotatable bonds is 3. The van der Waals surface area contributed by atoms with E-state index in [1.807, 2.05) is 0 Å². The number of benzene rings is 1. The van der Waals surface area contributed by atoms with Crippen LogP contribution in [0.25, 0.3) is 10.9 Å². The first kappa shape index (κ1) is 15.8. The molecular weight excluding hydrogens is 331 g/mol. The predicted molar refractivity (Wildman–Crippen MR) is 71.2 cm³/mol. The van der Waals surface area contributed by atoms with Gasteiger partial charge in [0.2, 0.25) is 0 Å². The highest BCUT2D eigenvalue weighted by Gasteiger charge is 2.37. The lowest BCUT2D eigenvalue weighted by atomic mass is 10.1. The molecule has 0 bridgehead atoms. The Bertz CT molecular complexity index is 824. The first-order valence-corrected chi connectivity index (χ1v) is 7.78. The zero-order valence-electron chi connectivity index (χ0n) is 10.6. The van der Waals surface area contributed by atoms with Crippen LogP contribution in [0, 0.1) is 0 Å².